The Kier molecular flexibility index (Phi) is 8.42. The van der Waals surface area contributed by atoms with Crippen LogP contribution in [0.2, 0.25) is 5.02 Å². The van der Waals surface area contributed by atoms with Gasteiger partial charge in [-0.3, -0.25) is 0 Å². The van der Waals surface area contributed by atoms with E-state index in [0.29, 0.717) is 5.02 Å². The van der Waals surface area contributed by atoms with Crippen LogP contribution in [0.4, 0.5) is 5.82 Å². The van der Waals surface area contributed by atoms with Crippen molar-refractivity contribution in [1.82, 2.24) is 15.3 Å². The SMILES string of the molecule is CCOC(=O)C(OC(C)(C)C)c1c(C)cc2nc(-c3ccnc(N4CCNCC4)c3)sc2c1-c1ccc(Cl)cc1. The number of thiazole rings is 1. The van der Waals surface area contributed by atoms with Crippen LogP contribution in [0.5, 0.6) is 0 Å². The zero-order valence-electron chi connectivity index (χ0n) is 23.6. The lowest BCUT2D eigenvalue weighted by molar-refractivity contribution is -0.166. The Hall–Kier alpha value is -3.04. The van der Waals surface area contributed by atoms with Gasteiger partial charge in [-0.15, -0.1) is 11.3 Å². The molecule has 1 atom stereocenters. The molecule has 210 valence electrons. The Morgan fingerprint density at radius 3 is 2.52 bits per heavy atom. The van der Waals surface area contributed by atoms with Crippen LogP contribution in [-0.2, 0) is 14.3 Å². The molecule has 1 aliphatic rings. The molecule has 5 rings (SSSR count). The van der Waals surface area contributed by atoms with Gasteiger partial charge in [-0.2, -0.15) is 0 Å². The van der Waals surface area contributed by atoms with Crippen LogP contribution in [0.25, 0.3) is 31.9 Å². The Morgan fingerprint density at radius 1 is 1.12 bits per heavy atom. The molecule has 0 bridgehead atoms. The standard InChI is InChI=1S/C31H35ClN4O3S/c1-6-38-30(37)27(39-31(3,4)5)25-19(2)17-23-28(26(25)20-7-9-22(32)10-8-20)40-29(35-23)21-11-12-34-24(18-21)36-15-13-33-14-16-36/h7-12,17-18,27,33H,6,13-16H2,1-5H3. The Balaban J connectivity index is 1.70. The number of esters is 1. The predicted octanol–water partition coefficient (Wildman–Crippen LogP) is 6.82. The van der Waals surface area contributed by atoms with E-state index in [4.69, 9.17) is 26.1 Å². The number of hydrogen-bond acceptors (Lipinski definition) is 8. The van der Waals surface area contributed by atoms with Crippen molar-refractivity contribution in [3.8, 4) is 21.7 Å². The average Bonchev–Trinajstić information content (AvgIpc) is 3.35. The maximum Gasteiger partial charge on any atom is 0.339 e. The number of pyridine rings is 1. The van der Waals surface area contributed by atoms with E-state index in [1.165, 1.54) is 0 Å². The maximum atomic E-state index is 13.4. The van der Waals surface area contributed by atoms with Crippen LogP contribution >= 0.6 is 22.9 Å². The molecule has 1 aliphatic heterocycles. The number of rotatable bonds is 7. The second-order valence-electron chi connectivity index (χ2n) is 10.9. The second kappa shape index (κ2) is 11.8. The molecular formula is C31H35ClN4O3S. The fourth-order valence-electron chi connectivity index (χ4n) is 4.99. The highest BCUT2D eigenvalue weighted by Gasteiger charge is 2.33. The fraction of sp³-hybridized carbons (Fsp3) is 0.387. The van der Waals surface area contributed by atoms with E-state index >= 15 is 0 Å². The second-order valence-corrected chi connectivity index (χ2v) is 12.3. The molecule has 1 unspecified atom stereocenters. The molecule has 3 heterocycles. The van der Waals surface area contributed by atoms with E-state index in [9.17, 15) is 4.79 Å². The number of nitrogens with zero attached hydrogens (tertiary/aromatic N) is 3. The number of benzene rings is 2. The highest BCUT2D eigenvalue weighted by Crippen LogP contribution is 2.44. The topological polar surface area (TPSA) is 76.6 Å². The summed E-state index contributed by atoms with van der Waals surface area (Å²) in [5, 5.41) is 4.93. The van der Waals surface area contributed by atoms with E-state index < -0.39 is 17.7 Å². The minimum absolute atomic E-state index is 0.266. The minimum atomic E-state index is -0.902. The molecular weight excluding hydrogens is 544 g/mol. The first-order valence-electron chi connectivity index (χ1n) is 13.6. The Morgan fingerprint density at radius 2 is 1.85 bits per heavy atom. The van der Waals surface area contributed by atoms with Crippen LogP contribution in [-0.4, -0.2) is 54.3 Å². The van der Waals surface area contributed by atoms with E-state index in [1.54, 1.807) is 18.3 Å². The van der Waals surface area contributed by atoms with Crippen LogP contribution in [0.15, 0.2) is 48.7 Å². The molecule has 1 fully saturated rings. The number of halogens is 1. The van der Waals surface area contributed by atoms with Gasteiger partial charge in [0.15, 0.2) is 6.10 Å². The van der Waals surface area contributed by atoms with Gasteiger partial charge in [0.1, 0.15) is 10.8 Å². The van der Waals surface area contributed by atoms with Crippen molar-refractivity contribution in [1.29, 1.82) is 0 Å². The van der Waals surface area contributed by atoms with Gasteiger partial charge in [0.2, 0.25) is 0 Å². The highest BCUT2D eigenvalue weighted by molar-refractivity contribution is 7.22. The van der Waals surface area contributed by atoms with Gasteiger partial charge >= 0.3 is 5.97 Å². The molecule has 7 nitrogen and oxygen atoms in total. The number of carbonyl (C=O) groups is 1. The van der Waals surface area contributed by atoms with Crippen molar-refractivity contribution >= 4 is 44.9 Å². The normalized spacial score (nSPS) is 14.9. The average molecular weight is 579 g/mol. The molecule has 9 heteroatoms. The van der Waals surface area contributed by atoms with Crippen molar-refractivity contribution in [3.05, 3.63) is 64.8 Å². The smallest absolute Gasteiger partial charge is 0.339 e. The monoisotopic (exact) mass is 578 g/mol. The fourth-order valence-corrected chi connectivity index (χ4v) is 6.24. The molecule has 0 amide bonds. The van der Waals surface area contributed by atoms with Crippen LogP contribution in [0.3, 0.4) is 0 Å². The van der Waals surface area contributed by atoms with Gasteiger partial charge in [-0.1, -0.05) is 23.7 Å². The summed E-state index contributed by atoms with van der Waals surface area (Å²) in [6, 6.07) is 13.8. The number of piperazine rings is 1. The highest BCUT2D eigenvalue weighted by atomic mass is 35.5. The van der Waals surface area contributed by atoms with Gasteiger partial charge in [0.25, 0.3) is 0 Å². The third-order valence-electron chi connectivity index (χ3n) is 6.73. The van der Waals surface area contributed by atoms with Gasteiger partial charge in [0, 0.05) is 54.1 Å². The predicted molar refractivity (Wildman–Crippen MR) is 163 cm³/mol. The summed E-state index contributed by atoms with van der Waals surface area (Å²) in [7, 11) is 0. The van der Waals surface area contributed by atoms with Gasteiger partial charge in [-0.05, 0) is 76.1 Å². The Bertz CT molecular complexity index is 1510. The van der Waals surface area contributed by atoms with Crippen LogP contribution < -0.4 is 10.2 Å². The van der Waals surface area contributed by atoms with Gasteiger partial charge < -0.3 is 19.7 Å². The number of aryl methyl sites for hydroxylation is 1. The molecule has 2 aromatic carbocycles. The number of anilines is 1. The van der Waals surface area contributed by atoms with Crippen molar-refractivity contribution in [3.63, 3.8) is 0 Å². The molecule has 2 aromatic heterocycles. The molecule has 0 radical (unpaired) electrons. The number of fused-ring (bicyclic) bond motifs is 1. The van der Waals surface area contributed by atoms with Gasteiger partial charge in [-0.25, -0.2) is 14.8 Å². The summed E-state index contributed by atoms with van der Waals surface area (Å²) in [6.45, 7) is 13.6. The summed E-state index contributed by atoms with van der Waals surface area (Å²) < 4.78 is 12.9. The number of hydrogen-bond donors (Lipinski definition) is 1. The molecule has 40 heavy (non-hydrogen) atoms. The maximum absolute atomic E-state index is 13.4. The third-order valence-corrected chi connectivity index (χ3v) is 8.12. The van der Waals surface area contributed by atoms with Crippen molar-refractivity contribution < 1.29 is 14.3 Å². The van der Waals surface area contributed by atoms with E-state index in [1.807, 2.05) is 70.3 Å². The quantitative estimate of drug-likeness (QED) is 0.241. The first-order valence-corrected chi connectivity index (χ1v) is 14.8. The van der Waals surface area contributed by atoms with Crippen LogP contribution in [0.1, 0.15) is 44.9 Å². The van der Waals surface area contributed by atoms with Crippen molar-refractivity contribution in [2.45, 2.75) is 46.3 Å². The van der Waals surface area contributed by atoms with Crippen LogP contribution in [0, 0.1) is 6.92 Å². The summed E-state index contributed by atoms with van der Waals surface area (Å²) >= 11 is 7.87. The third kappa shape index (κ3) is 6.15. The van der Waals surface area contributed by atoms with Crippen molar-refractivity contribution in [2.75, 3.05) is 37.7 Å². The zero-order valence-corrected chi connectivity index (χ0v) is 25.2. The summed E-state index contributed by atoms with van der Waals surface area (Å²) in [5.41, 5.74) is 4.85. The molecule has 1 saturated heterocycles. The lowest BCUT2D eigenvalue weighted by Crippen LogP contribution is -2.43. The number of aromatic nitrogens is 2. The largest absolute Gasteiger partial charge is 0.464 e. The zero-order chi connectivity index (χ0) is 28.4. The minimum Gasteiger partial charge on any atom is -0.464 e. The summed E-state index contributed by atoms with van der Waals surface area (Å²) in [4.78, 5) is 25.4. The summed E-state index contributed by atoms with van der Waals surface area (Å²) in [6.07, 6.45) is 0.949. The number of carbonyl (C=O) groups excluding carboxylic acids is 1. The van der Waals surface area contributed by atoms with Gasteiger partial charge in [0.05, 0.1) is 22.4 Å². The molecule has 4 aromatic rings. The lowest BCUT2D eigenvalue weighted by Gasteiger charge is -2.29. The van der Waals surface area contributed by atoms with Crippen molar-refractivity contribution in [2.24, 2.45) is 0 Å². The molecule has 0 saturated carbocycles. The molecule has 0 aliphatic carbocycles. The van der Waals surface area contributed by atoms with E-state index in [0.717, 1.165) is 75.0 Å². The molecule has 1 N–H and O–H groups in total. The number of ether oxygens (including phenoxy) is 2. The summed E-state index contributed by atoms with van der Waals surface area (Å²) in [5.74, 6) is 0.545. The lowest BCUT2D eigenvalue weighted by atomic mass is 9.91. The Labute approximate surface area is 244 Å². The van der Waals surface area contributed by atoms with E-state index in [-0.39, 0.29) is 6.61 Å². The number of nitrogens with one attached hydrogen (secondary N) is 1. The first-order chi connectivity index (χ1) is 19.1. The van der Waals surface area contributed by atoms with E-state index in [2.05, 4.69) is 21.3 Å². The first kappa shape index (κ1) is 28.5. The molecule has 0 spiro atoms.